The minimum absolute atomic E-state index is 0.453. The third-order valence-electron chi connectivity index (χ3n) is 1.57. The van der Waals surface area contributed by atoms with Gasteiger partial charge < -0.3 is 0 Å². The van der Waals surface area contributed by atoms with Gasteiger partial charge in [-0.3, -0.25) is 10.3 Å². The van der Waals surface area contributed by atoms with Crippen LogP contribution >= 0.6 is 11.8 Å². The summed E-state index contributed by atoms with van der Waals surface area (Å²) in [5.41, 5.74) is 0.841. The fourth-order valence-electron chi connectivity index (χ4n) is 0.949. The van der Waals surface area contributed by atoms with Gasteiger partial charge >= 0.3 is 0 Å². The molecule has 1 N–H and O–H groups in total. The van der Waals surface area contributed by atoms with Gasteiger partial charge in [0.2, 0.25) is 0 Å². The van der Waals surface area contributed by atoms with Gasteiger partial charge in [-0.2, -0.15) is 5.26 Å². The maximum Gasteiger partial charge on any atom is 0.183 e. The zero-order chi connectivity index (χ0) is 11.1. The van der Waals surface area contributed by atoms with E-state index in [4.69, 9.17) is 5.26 Å². The van der Waals surface area contributed by atoms with Crippen molar-refractivity contribution in [3.63, 3.8) is 0 Å². The first-order valence-electron chi connectivity index (χ1n) is 4.28. The summed E-state index contributed by atoms with van der Waals surface area (Å²) in [5, 5.41) is 11.5. The summed E-state index contributed by atoms with van der Waals surface area (Å²) in [7, 11) is 0. The van der Waals surface area contributed by atoms with Gasteiger partial charge in [-0.15, -0.1) is 0 Å². The highest BCUT2D eigenvalue weighted by Crippen LogP contribution is 2.00. The molecule has 0 amide bonds. The third kappa shape index (κ3) is 3.95. The van der Waals surface area contributed by atoms with Gasteiger partial charge in [-0.1, -0.05) is 11.8 Å². The standard InChI is InChI=1S/C9H11N5S/c1-7-11-4-3-8(14-7)5-12-9(15-2)13-6-10/h3-4H,5H2,1-2H3,(H,12,13). The number of nitrogens with zero attached hydrogens (tertiary/aromatic N) is 4. The van der Waals surface area contributed by atoms with Crippen molar-refractivity contribution in [3.8, 4) is 6.19 Å². The van der Waals surface area contributed by atoms with E-state index in [1.165, 1.54) is 11.8 Å². The summed E-state index contributed by atoms with van der Waals surface area (Å²) in [5.74, 6) is 0.724. The van der Waals surface area contributed by atoms with E-state index in [-0.39, 0.29) is 0 Å². The number of aromatic nitrogens is 2. The van der Waals surface area contributed by atoms with E-state index < -0.39 is 0 Å². The van der Waals surface area contributed by atoms with Gasteiger partial charge in [0.05, 0.1) is 12.2 Å². The summed E-state index contributed by atoms with van der Waals surface area (Å²) < 4.78 is 0. The van der Waals surface area contributed by atoms with Crippen LogP contribution in [0.2, 0.25) is 0 Å². The number of nitriles is 1. The Morgan fingerprint density at radius 3 is 3.13 bits per heavy atom. The molecule has 15 heavy (non-hydrogen) atoms. The van der Waals surface area contributed by atoms with Gasteiger partial charge in [0.1, 0.15) is 5.82 Å². The fraction of sp³-hybridized carbons (Fsp3) is 0.333. The molecule has 0 bridgehead atoms. The van der Waals surface area contributed by atoms with Crippen LogP contribution in [0, 0.1) is 18.4 Å². The lowest BCUT2D eigenvalue weighted by Crippen LogP contribution is -2.13. The van der Waals surface area contributed by atoms with Crippen LogP contribution < -0.4 is 5.32 Å². The highest BCUT2D eigenvalue weighted by molar-refractivity contribution is 8.13. The Morgan fingerprint density at radius 1 is 1.73 bits per heavy atom. The maximum atomic E-state index is 8.43. The van der Waals surface area contributed by atoms with Gasteiger partial charge in [0, 0.05) is 6.20 Å². The van der Waals surface area contributed by atoms with Gasteiger partial charge in [0.25, 0.3) is 0 Å². The molecule has 1 aromatic rings. The van der Waals surface area contributed by atoms with Crippen molar-refractivity contribution in [3.05, 3.63) is 23.8 Å². The molecule has 78 valence electrons. The van der Waals surface area contributed by atoms with Crippen LogP contribution in [0.1, 0.15) is 11.5 Å². The van der Waals surface area contributed by atoms with E-state index in [2.05, 4.69) is 20.3 Å². The number of aliphatic imine (C=N–C) groups is 1. The Labute approximate surface area is 92.7 Å². The lowest BCUT2D eigenvalue weighted by atomic mass is 10.4. The zero-order valence-corrected chi connectivity index (χ0v) is 9.38. The van der Waals surface area contributed by atoms with Crippen LogP contribution in [-0.2, 0) is 6.54 Å². The first-order chi connectivity index (χ1) is 7.26. The van der Waals surface area contributed by atoms with Gasteiger partial charge in [-0.05, 0) is 19.2 Å². The second kappa shape index (κ2) is 5.98. The summed E-state index contributed by atoms with van der Waals surface area (Å²) >= 11 is 1.39. The molecule has 0 aliphatic rings. The lowest BCUT2D eigenvalue weighted by molar-refractivity contribution is 0.924. The molecule has 0 spiro atoms. The molecule has 1 heterocycles. The number of hydrogen-bond donors (Lipinski definition) is 1. The molecule has 1 rings (SSSR count). The molecular formula is C9H11N5S. The molecule has 0 aromatic carbocycles. The smallest absolute Gasteiger partial charge is 0.183 e. The van der Waals surface area contributed by atoms with E-state index in [1.807, 2.05) is 19.4 Å². The van der Waals surface area contributed by atoms with E-state index in [0.717, 1.165) is 11.5 Å². The molecule has 0 aliphatic carbocycles. The zero-order valence-electron chi connectivity index (χ0n) is 8.56. The molecule has 5 nitrogen and oxygen atoms in total. The van der Waals surface area contributed by atoms with Gasteiger partial charge in [0.15, 0.2) is 11.4 Å². The van der Waals surface area contributed by atoms with Crippen LogP contribution in [0.4, 0.5) is 0 Å². The molecule has 0 aliphatic heterocycles. The lowest BCUT2D eigenvalue weighted by Gasteiger charge is -2.00. The molecule has 0 fully saturated rings. The highest BCUT2D eigenvalue weighted by atomic mass is 32.2. The Balaban J connectivity index is 2.66. The topological polar surface area (TPSA) is 74.0 Å². The van der Waals surface area contributed by atoms with E-state index in [1.54, 1.807) is 12.3 Å². The minimum atomic E-state index is 0.453. The fourth-order valence-corrected chi connectivity index (χ4v) is 1.29. The molecule has 1 aromatic heterocycles. The molecular weight excluding hydrogens is 210 g/mol. The first kappa shape index (κ1) is 11.5. The second-order valence-corrected chi connectivity index (χ2v) is 3.45. The summed E-state index contributed by atoms with van der Waals surface area (Å²) in [6, 6.07) is 1.81. The van der Waals surface area contributed by atoms with Crippen LogP contribution in [0.5, 0.6) is 0 Å². The Hall–Kier alpha value is -1.61. The Morgan fingerprint density at radius 2 is 2.53 bits per heavy atom. The molecule has 0 atom stereocenters. The van der Waals surface area contributed by atoms with Crippen molar-refractivity contribution in [1.29, 1.82) is 5.26 Å². The maximum absolute atomic E-state index is 8.43. The minimum Gasteiger partial charge on any atom is -0.272 e. The largest absolute Gasteiger partial charge is 0.272 e. The van der Waals surface area contributed by atoms with E-state index >= 15 is 0 Å². The number of rotatable bonds is 2. The van der Waals surface area contributed by atoms with Gasteiger partial charge in [-0.25, -0.2) is 9.97 Å². The second-order valence-electron chi connectivity index (χ2n) is 2.66. The number of thioether (sulfide) groups is 1. The third-order valence-corrected chi connectivity index (χ3v) is 2.19. The molecule has 0 radical (unpaired) electrons. The summed E-state index contributed by atoms with van der Waals surface area (Å²) in [4.78, 5) is 12.4. The average Bonchev–Trinajstić information content (AvgIpc) is 2.24. The van der Waals surface area contributed by atoms with Crippen molar-refractivity contribution >= 4 is 16.9 Å². The van der Waals surface area contributed by atoms with Crippen molar-refractivity contribution in [2.24, 2.45) is 4.99 Å². The SMILES string of the molecule is CSC(=NCc1ccnc(C)n1)NC#N. The molecule has 0 unspecified atom stereocenters. The number of aryl methyl sites for hydroxylation is 1. The van der Waals surface area contributed by atoms with Crippen LogP contribution in [0.25, 0.3) is 0 Å². The van der Waals surface area contributed by atoms with Crippen LogP contribution in [0.3, 0.4) is 0 Å². The quantitative estimate of drug-likeness (QED) is 0.350. The normalized spacial score (nSPS) is 10.9. The first-order valence-corrected chi connectivity index (χ1v) is 5.51. The Kier molecular flexibility index (Phi) is 4.57. The van der Waals surface area contributed by atoms with Crippen molar-refractivity contribution in [2.75, 3.05) is 6.26 Å². The predicted octanol–water partition coefficient (Wildman–Crippen LogP) is 1.07. The molecule has 6 heteroatoms. The number of amidine groups is 1. The number of hydrogen-bond acceptors (Lipinski definition) is 5. The monoisotopic (exact) mass is 221 g/mol. The summed E-state index contributed by atoms with van der Waals surface area (Å²) in [6.45, 7) is 2.28. The van der Waals surface area contributed by atoms with E-state index in [9.17, 15) is 0 Å². The number of nitrogens with one attached hydrogen (secondary N) is 1. The van der Waals surface area contributed by atoms with Crippen molar-refractivity contribution < 1.29 is 0 Å². The van der Waals surface area contributed by atoms with Crippen LogP contribution in [-0.4, -0.2) is 21.4 Å². The predicted molar refractivity (Wildman–Crippen MR) is 60.2 cm³/mol. The molecule has 0 saturated heterocycles. The average molecular weight is 221 g/mol. The Bertz CT molecular complexity index is 396. The van der Waals surface area contributed by atoms with Crippen molar-refractivity contribution in [1.82, 2.24) is 15.3 Å². The highest BCUT2D eigenvalue weighted by Gasteiger charge is 1.97. The van der Waals surface area contributed by atoms with E-state index in [0.29, 0.717) is 11.7 Å². The van der Waals surface area contributed by atoms with Crippen molar-refractivity contribution in [2.45, 2.75) is 13.5 Å². The molecule has 0 saturated carbocycles. The van der Waals surface area contributed by atoms with Crippen LogP contribution in [0.15, 0.2) is 17.3 Å². The summed E-state index contributed by atoms with van der Waals surface area (Å²) in [6.07, 6.45) is 5.39.